The molecule has 2 saturated heterocycles. The van der Waals surface area contributed by atoms with Crippen LogP contribution in [0.5, 0.6) is 0 Å². The molecule has 5 heteroatoms. The van der Waals surface area contributed by atoms with Gasteiger partial charge in [-0.3, -0.25) is 9.59 Å². The van der Waals surface area contributed by atoms with Crippen LogP contribution >= 0.6 is 0 Å². The highest BCUT2D eigenvalue weighted by Gasteiger charge is 2.50. The zero-order chi connectivity index (χ0) is 14.9. The number of nitrogens with one attached hydrogen (secondary N) is 2. The number of fused-ring (bicyclic) bond motifs is 1. The van der Waals surface area contributed by atoms with E-state index in [9.17, 15) is 9.59 Å². The Labute approximate surface area is 126 Å². The van der Waals surface area contributed by atoms with Crippen LogP contribution in [0.2, 0.25) is 0 Å². The molecule has 1 aliphatic carbocycles. The van der Waals surface area contributed by atoms with Gasteiger partial charge in [-0.1, -0.05) is 19.8 Å². The molecule has 1 unspecified atom stereocenters. The summed E-state index contributed by atoms with van der Waals surface area (Å²) in [5.74, 6) is 0.928. The maximum absolute atomic E-state index is 12.8. The lowest BCUT2D eigenvalue weighted by molar-refractivity contribution is -0.135. The SMILES string of the molecule is CCC(=O)N1CCC(NC(=O)[C@@]23CCCC[C@H]2CNC3)C1. The van der Waals surface area contributed by atoms with Crippen LogP contribution in [-0.4, -0.2) is 48.9 Å². The molecule has 3 rings (SSSR count). The Bertz CT molecular complexity index is 426. The molecule has 5 nitrogen and oxygen atoms in total. The third kappa shape index (κ3) is 2.68. The second kappa shape index (κ2) is 5.95. The summed E-state index contributed by atoms with van der Waals surface area (Å²) in [6.07, 6.45) is 6.05. The molecule has 0 radical (unpaired) electrons. The molecule has 2 amide bonds. The van der Waals surface area contributed by atoms with E-state index in [1.54, 1.807) is 0 Å². The molecule has 3 aliphatic rings. The number of amides is 2. The topological polar surface area (TPSA) is 61.4 Å². The van der Waals surface area contributed by atoms with Crippen LogP contribution in [0.25, 0.3) is 0 Å². The Balaban J connectivity index is 1.60. The van der Waals surface area contributed by atoms with Gasteiger partial charge in [-0.15, -0.1) is 0 Å². The van der Waals surface area contributed by atoms with Gasteiger partial charge in [0.25, 0.3) is 0 Å². The smallest absolute Gasteiger partial charge is 0.228 e. The van der Waals surface area contributed by atoms with Crippen LogP contribution in [0.15, 0.2) is 0 Å². The van der Waals surface area contributed by atoms with Crippen LogP contribution in [0, 0.1) is 11.3 Å². The molecule has 0 aromatic carbocycles. The molecule has 0 aromatic rings. The van der Waals surface area contributed by atoms with Gasteiger partial charge in [-0.05, 0) is 31.7 Å². The second-order valence-electron chi connectivity index (χ2n) is 6.88. The minimum Gasteiger partial charge on any atom is -0.351 e. The van der Waals surface area contributed by atoms with E-state index in [1.807, 2.05) is 11.8 Å². The van der Waals surface area contributed by atoms with Crippen molar-refractivity contribution in [3.63, 3.8) is 0 Å². The number of rotatable bonds is 3. The highest BCUT2D eigenvalue weighted by molar-refractivity contribution is 5.84. The molecule has 2 N–H and O–H groups in total. The Morgan fingerprint density at radius 1 is 1.33 bits per heavy atom. The average Bonchev–Trinajstić information content (AvgIpc) is 3.13. The third-order valence-electron chi connectivity index (χ3n) is 5.67. The van der Waals surface area contributed by atoms with E-state index in [1.165, 1.54) is 12.8 Å². The first kappa shape index (κ1) is 14.8. The van der Waals surface area contributed by atoms with Crippen molar-refractivity contribution in [2.75, 3.05) is 26.2 Å². The van der Waals surface area contributed by atoms with Crippen molar-refractivity contribution in [2.45, 2.75) is 51.5 Å². The number of carbonyl (C=O) groups excluding carboxylic acids is 2. The van der Waals surface area contributed by atoms with E-state index in [0.717, 1.165) is 38.9 Å². The summed E-state index contributed by atoms with van der Waals surface area (Å²) in [4.78, 5) is 26.5. The molecule has 0 aromatic heterocycles. The fourth-order valence-electron chi connectivity index (χ4n) is 4.35. The second-order valence-corrected chi connectivity index (χ2v) is 6.88. The van der Waals surface area contributed by atoms with Crippen LogP contribution in [0.3, 0.4) is 0 Å². The lowest BCUT2D eigenvalue weighted by Crippen LogP contribution is -2.51. The molecule has 21 heavy (non-hydrogen) atoms. The van der Waals surface area contributed by atoms with Gasteiger partial charge in [0, 0.05) is 32.1 Å². The third-order valence-corrected chi connectivity index (χ3v) is 5.67. The maximum Gasteiger partial charge on any atom is 0.228 e. The van der Waals surface area contributed by atoms with Crippen molar-refractivity contribution in [2.24, 2.45) is 11.3 Å². The summed E-state index contributed by atoms with van der Waals surface area (Å²) in [5, 5.41) is 6.67. The van der Waals surface area contributed by atoms with Gasteiger partial charge >= 0.3 is 0 Å². The first-order valence-corrected chi connectivity index (χ1v) is 8.45. The highest BCUT2D eigenvalue weighted by Crippen LogP contribution is 2.44. The van der Waals surface area contributed by atoms with Crippen molar-refractivity contribution >= 4 is 11.8 Å². The van der Waals surface area contributed by atoms with Crippen molar-refractivity contribution in [1.29, 1.82) is 0 Å². The molecular weight excluding hydrogens is 266 g/mol. The summed E-state index contributed by atoms with van der Waals surface area (Å²) in [6, 6.07) is 0.144. The van der Waals surface area contributed by atoms with Crippen molar-refractivity contribution in [3.8, 4) is 0 Å². The van der Waals surface area contributed by atoms with Gasteiger partial charge < -0.3 is 15.5 Å². The van der Waals surface area contributed by atoms with E-state index in [4.69, 9.17) is 0 Å². The van der Waals surface area contributed by atoms with Gasteiger partial charge in [0.05, 0.1) is 5.41 Å². The molecular formula is C16H27N3O2. The van der Waals surface area contributed by atoms with Crippen LogP contribution in [-0.2, 0) is 9.59 Å². The molecule has 2 heterocycles. The lowest BCUT2D eigenvalue weighted by Gasteiger charge is -2.37. The predicted octanol–water partition coefficient (Wildman–Crippen LogP) is 0.893. The van der Waals surface area contributed by atoms with E-state index in [-0.39, 0.29) is 23.3 Å². The van der Waals surface area contributed by atoms with Gasteiger partial charge in [0.15, 0.2) is 0 Å². The average molecular weight is 293 g/mol. The maximum atomic E-state index is 12.8. The number of hydrogen-bond acceptors (Lipinski definition) is 3. The number of nitrogens with zero attached hydrogens (tertiary/aromatic N) is 1. The molecule has 0 bridgehead atoms. The Hall–Kier alpha value is -1.10. The van der Waals surface area contributed by atoms with E-state index in [0.29, 0.717) is 18.9 Å². The normalized spacial score (nSPS) is 35.6. The molecule has 118 valence electrons. The van der Waals surface area contributed by atoms with E-state index in [2.05, 4.69) is 10.6 Å². The van der Waals surface area contributed by atoms with Crippen molar-refractivity contribution in [1.82, 2.24) is 15.5 Å². The van der Waals surface area contributed by atoms with Gasteiger partial charge in [0.1, 0.15) is 0 Å². The Morgan fingerprint density at radius 2 is 2.19 bits per heavy atom. The van der Waals surface area contributed by atoms with Crippen LogP contribution in [0.4, 0.5) is 0 Å². The van der Waals surface area contributed by atoms with Crippen LogP contribution in [0.1, 0.15) is 45.4 Å². The molecule has 1 saturated carbocycles. The standard InChI is InChI=1S/C16H27N3O2/c1-2-14(20)19-8-6-13(10-19)18-15(21)16-7-4-3-5-12(16)9-17-11-16/h12-13,17H,2-11H2,1H3,(H,18,21)/t12-,13?,16+/m0/s1. The fourth-order valence-corrected chi connectivity index (χ4v) is 4.35. The van der Waals surface area contributed by atoms with Crippen molar-refractivity contribution < 1.29 is 9.59 Å². The molecule has 0 spiro atoms. The van der Waals surface area contributed by atoms with Gasteiger partial charge in [-0.25, -0.2) is 0 Å². The lowest BCUT2D eigenvalue weighted by atomic mass is 9.67. The number of likely N-dealkylation sites (tertiary alicyclic amines) is 1. The summed E-state index contributed by atoms with van der Waals surface area (Å²) in [6.45, 7) is 5.18. The minimum absolute atomic E-state index is 0.144. The summed E-state index contributed by atoms with van der Waals surface area (Å²) in [7, 11) is 0. The van der Waals surface area contributed by atoms with Crippen LogP contribution < -0.4 is 10.6 Å². The van der Waals surface area contributed by atoms with Gasteiger partial charge in [-0.2, -0.15) is 0 Å². The quantitative estimate of drug-likeness (QED) is 0.812. The summed E-state index contributed by atoms with van der Waals surface area (Å²) < 4.78 is 0. The zero-order valence-electron chi connectivity index (χ0n) is 13.0. The minimum atomic E-state index is -0.180. The van der Waals surface area contributed by atoms with Crippen molar-refractivity contribution in [3.05, 3.63) is 0 Å². The molecule has 3 fully saturated rings. The van der Waals surface area contributed by atoms with E-state index >= 15 is 0 Å². The Morgan fingerprint density at radius 3 is 3.00 bits per heavy atom. The van der Waals surface area contributed by atoms with E-state index < -0.39 is 0 Å². The largest absolute Gasteiger partial charge is 0.351 e. The highest BCUT2D eigenvalue weighted by atomic mass is 16.2. The monoisotopic (exact) mass is 293 g/mol. The number of carbonyl (C=O) groups is 2. The van der Waals surface area contributed by atoms with Gasteiger partial charge in [0.2, 0.25) is 11.8 Å². The summed E-state index contributed by atoms with van der Waals surface area (Å²) >= 11 is 0. The first-order valence-electron chi connectivity index (χ1n) is 8.45. The Kier molecular flexibility index (Phi) is 4.20. The summed E-state index contributed by atoms with van der Waals surface area (Å²) in [5.41, 5.74) is -0.180. The molecule has 2 aliphatic heterocycles. The zero-order valence-corrected chi connectivity index (χ0v) is 13.0. The number of hydrogen-bond donors (Lipinski definition) is 2. The fraction of sp³-hybridized carbons (Fsp3) is 0.875. The predicted molar refractivity (Wildman–Crippen MR) is 80.7 cm³/mol. The first-order chi connectivity index (χ1) is 10.2. The molecule has 3 atom stereocenters.